The summed E-state index contributed by atoms with van der Waals surface area (Å²) in [6, 6.07) is 19.5. The largest absolute Gasteiger partial charge is 0.497 e. The monoisotopic (exact) mass is 489 g/mol. The van der Waals surface area contributed by atoms with E-state index in [1.54, 1.807) is 42.5 Å². The summed E-state index contributed by atoms with van der Waals surface area (Å²) in [4.78, 5) is 13.1. The van der Waals surface area contributed by atoms with Gasteiger partial charge in [-0.25, -0.2) is 8.42 Å². The van der Waals surface area contributed by atoms with Crippen molar-refractivity contribution in [1.29, 1.82) is 0 Å². The SMILES string of the molecule is COc1ccc(N(C(=O)COc2ccccc2Br)S(=O)(=O)c2ccc(C)cc2)cc1. The quantitative estimate of drug-likeness (QED) is 0.486. The Hall–Kier alpha value is -2.84. The Kier molecular flexibility index (Phi) is 6.79. The lowest BCUT2D eigenvalue weighted by Crippen LogP contribution is -2.40. The van der Waals surface area contributed by atoms with Gasteiger partial charge >= 0.3 is 0 Å². The molecule has 156 valence electrons. The summed E-state index contributed by atoms with van der Waals surface area (Å²) < 4.78 is 38.8. The topological polar surface area (TPSA) is 72.9 Å². The summed E-state index contributed by atoms with van der Waals surface area (Å²) in [5.74, 6) is 0.258. The van der Waals surface area contributed by atoms with Crippen LogP contribution in [0.25, 0.3) is 0 Å². The first-order valence-electron chi connectivity index (χ1n) is 8.99. The number of nitrogens with zero attached hydrogens (tertiary/aromatic N) is 1. The van der Waals surface area contributed by atoms with Crippen molar-refractivity contribution in [3.63, 3.8) is 0 Å². The van der Waals surface area contributed by atoms with Gasteiger partial charge in [0.2, 0.25) is 0 Å². The van der Waals surface area contributed by atoms with Crippen LogP contribution >= 0.6 is 15.9 Å². The number of aryl methyl sites for hydroxylation is 1. The molecular formula is C22H20BrNO5S. The van der Waals surface area contributed by atoms with E-state index < -0.39 is 22.5 Å². The number of carbonyl (C=O) groups is 1. The lowest BCUT2D eigenvalue weighted by atomic mass is 10.2. The van der Waals surface area contributed by atoms with E-state index in [0.29, 0.717) is 16.0 Å². The highest BCUT2D eigenvalue weighted by Crippen LogP contribution is 2.28. The highest BCUT2D eigenvalue weighted by atomic mass is 79.9. The average molecular weight is 490 g/mol. The fourth-order valence-corrected chi connectivity index (χ4v) is 4.52. The first-order chi connectivity index (χ1) is 14.3. The Balaban J connectivity index is 1.97. The number of hydrogen-bond acceptors (Lipinski definition) is 5. The molecule has 6 nitrogen and oxygen atoms in total. The molecule has 0 radical (unpaired) electrons. The van der Waals surface area contributed by atoms with Crippen LogP contribution in [0.5, 0.6) is 11.5 Å². The molecule has 8 heteroatoms. The third kappa shape index (κ3) is 4.83. The second kappa shape index (κ2) is 9.32. The van der Waals surface area contributed by atoms with Gasteiger partial charge in [-0.3, -0.25) is 4.79 Å². The summed E-state index contributed by atoms with van der Waals surface area (Å²) in [5.41, 5.74) is 1.10. The third-order valence-corrected chi connectivity index (χ3v) is 6.70. The van der Waals surface area contributed by atoms with Gasteiger partial charge in [-0.1, -0.05) is 29.8 Å². The van der Waals surface area contributed by atoms with Crippen LogP contribution in [0.2, 0.25) is 0 Å². The van der Waals surface area contributed by atoms with Crippen LogP contribution in [-0.2, 0) is 14.8 Å². The van der Waals surface area contributed by atoms with Gasteiger partial charge in [-0.2, -0.15) is 4.31 Å². The lowest BCUT2D eigenvalue weighted by molar-refractivity contribution is -0.119. The first kappa shape index (κ1) is 21.9. The molecule has 0 bridgehead atoms. The van der Waals surface area contributed by atoms with Crippen molar-refractivity contribution in [3.05, 3.63) is 82.8 Å². The zero-order chi connectivity index (χ0) is 21.7. The molecule has 0 atom stereocenters. The molecule has 0 aromatic heterocycles. The van der Waals surface area contributed by atoms with Crippen LogP contribution in [-0.4, -0.2) is 28.0 Å². The number of halogens is 1. The minimum atomic E-state index is -4.15. The molecule has 3 rings (SSSR count). The zero-order valence-corrected chi connectivity index (χ0v) is 18.8. The van der Waals surface area contributed by atoms with Gasteiger partial charge in [0.15, 0.2) is 6.61 Å². The molecule has 3 aromatic rings. The molecule has 1 amide bonds. The summed E-state index contributed by atoms with van der Waals surface area (Å²) >= 11 is 3.35. The predicted molar refractivity (Wildman–Crippen MR) is 118 cm³/mol. The second-order valence-electron chi connectivity index (χ2n) is 6.39. The maximum absolute atomic E-state index is 13.3. The van der Waals surface area contributed by atoms with E-state index in [9.17, 15) is 13.2 Å². The molecule has 0 aliphatic heterocycles. The van der Waals surface area contributed by atoms with Crippen LogP contribution in [0, 0.1) is 6.92 Å². The van der Waals surface area contributed by atoms with Crippen LogP contribution in [0.1, 0.15) is 5.56 Å². The lowest BCUT2D eigenvalue weighted by Gasteiger charge is -2.23. The molecule has 0 aliphatic rings. The van der Waals surface area contributed by atoms with E-state index in [0.717, 1.165) is 9.87 Å². The second-order valence-corrected chi connectivity index (χ2v) is 9.03. The minimum absolute atomic E-state index is 0.0122. The minimum Gasteiger partial charge on any atom is -0.497 e. The van der Waals surface area contributed by atoms with Gasteiger partial charge in [0.25, 0.3) is 15.9 Å². The molecule has 0 spiro atoms. The van der Waals surface area contributed by atoms with E-state index in [-0.39, 0.29) is 10.6 Å². The van der Waals surface area contributed by atoms with E-state index >= 15 is 0 Å². The van der Waals surface area contributed by atoms with Crippen molar-refractivity contribution >= 4 is 37.5 Å². The Morgan fingerprint density at radius 1 is 0.967 bits per heavy atom. The number of sulfonamides is 1. The molecule has 0 unspecified atom stereocenters. The van der Waals surface area contributed by atoms with Crippen LogP contribution in [0.3, 0.4) is 0 Å². The van der Waals surface area contributed by atoms with Gasteiger partial charge < -0.3 is 9.47 Å². The van der Waals surface area contributed by atoms with E-state index in [1.165, 1.54) is 31.4 Å². The van der Waals surface area contributed by atoms with Crippen molar-refractivity contribution in [1.82, 2.24) is 0 Å². The molecule has 0 heterocycles. The molecule has 3 aromatic carbocycles. The summed E-state index contributed by atoms with van der Waals surface area (Å²) in [6.45, 7) is 1.40. The Morgan fingerprint density at radius 2 is 1.60 bits per heavy atom. The van der Waals surface area contributed by atoms with Crippen molar-refractivity contribution in [2.24, 2.45) is 0 Å². The van der Waals surface area contributed by atoms with Crippen molar-refractivity contribution < 1.29 is 22.7 Å². The van der Waals surface area contributed by atoms with Crippen molar-refractivity contribution in [2.45, 2.75) is 11.8 Å². The number of rotatable bonds is 7. The maximum atomic E-state index is 13.3. The number of para-hydroxylation sites is 1. The predicted octanol–water partition coefficient (Wildman–Crippen LogP) is 4.57. The van der Waals surface area contributed by atoms with Crippen LogP contribution < -0.4 is 13.8 Å². The molecule has 0 saturated heterocycles. The number of hydrogen-bond donors (Lipinski definition) is 0. The number of benzene rings is 3. The third-order valence-electron chi connectivity index (χ3n) is 4.28. The fourth-order valence-electron chi connectivity index (χ4n) is 2.71. The van der Waals surface area contributed by atoms with Gasteiger partial charge in [-0.05, 0) is 71.4 Å². The van der Waals surface area contributed by atoms with Gasteiger partial charge in [-0.15, -0.1) is 0 Å². The molecule has 0 saturated carbocycles. The smallest absolute Gasteiger partial charge is 0.278 e. The molecule has 30 heavy (non-hydrogen) atoms. The number of carbonyl (C=O) groups excluding carboxylic acids is 1. The Labute approximate surface area is 184 Å². The van der Waals surface area contributed by atoms with E-state index in [4.69, 9.17) is 9.47 Å². The van der Waals surface area contributed by atoms with Crippen LogP contribution in [0.15, 0.2) is 82.2 Å². The van der Waals surface area contributed by atoms with Gasteiger partial charge in [0, 0.05) is 0 Å². The van der Waals surface area contributed by atoms with Crippen molar-refractivity contribution in [3.8, 4) is 11.5 Å². The molecule has 0 aliphatic carbocycles. The number of methoxy groups -OCH3 is 1. The average Bonchev–Trinajstić information content (AvgIpc) is 2.74. The van der Waals surface area contributed by atoms with Gasteiger partial charge in [0.05, 0.1) is 22.2 Å². The summed E-state index contributed by atoms with van der Waals surface area (Å²) in [5, 5.41) is 0. The normalized spacial score (nSPS) is 11.0. The number of ether oxygens (including phenoxy) is 2. The van der Waals surface area contributed by atoms with Crippen molar-refractivity contribution in [2.75, 3.05) is 18.0 Å². The Morgan fingerprint density at radius 3 is 2.20 bits per heavy atom. The first-order valence-corrected chi connectivity index (χ1v) is 11.2. The highest BCUT2D eigenvalue weighted by molar-refractivity contribution is 9.10. The van der Waals surface area contributed by atoms with E-state index in [1.807, 2.05) is 13.0 Å². The van der Waals surface area contributed by atoms with Gasteiger partial charge in [0.1, 0.15) is 11.5 Å². The standard InChI is InChI=1S/C22H20BrNO5S/c1-16-7-13-19(14-8-16)30(26,27)24(17-9-11-18(28-2)12-10-17)22(25)15-29-21-6-4-3-5-20(21)23/h3-14H,15H2,1-2H3. The molecule has 0 N–H and O–H groups in total. The molecule has 0 fully saturated rings. The number of anilines is 1. The van der Waals surface area contributed by atoms with E-state index in [2.05, 4.69) is 15.9 Å². The summed E-state index contributed by atoms with van der Waals surface area (Å²) in [7, 11) is -2.65. The Bertz CT molecular complexity index is 1130. The van der Waals surface area contributed by atoms with Crippen LogP contribution in [0.4, 0.5) is 5.69 Å². The molecular weight excluding hydrogens is 470 g/mol. The summed E-state index contributed by atoms with van der Waals surface area (Å²) in [6.07, 6.45) is 0. The fraction of sp³-hybridized carbons (Fsp3) is 0.136. The highest BCUT2D eigenvalue weighted by Gasteiger charge is 2.31. The zero-order valence-electron chi connectivity index (χ0n) is 16.4. The number of amides is 1. The maximum Gasteiger partial charge on any atom is 0.278 e.